The van der Waals surface area contributed by atoms with Crippen molar-refractivity contribution in [1.82, 2.24) is 9.97 Å². The Bertz CT molecular complexity index is 847. The fourth-order valence-electron chi connectivity index (χ4n) is 2.13. The number of benzene rings is 1. The van der Waals surface area contributed by atoms with Gasteiger partial charge in [0.1, 0.15) is 12.4 Å². The fraction of sp³-hybridized carbons (Fsp3) is 0.188. The maximum Gasteiger partial charge on any atom is 0.223 e. The number of aliphatic hydroxyl groups is 1. The van der Waals surface area contributed by atoms with Crippen LogP contribution in [0.1, 0.15) is 6.92 Å². The van der Waals surface area contributed by atoms with E-state index < -0.39 is 0 Å². The van der Waals surface area contributed by atoms with Crippen LogP contribution in [0.3, 0.4) is 0 Å². The van der Waals surface area contributed by atoms with Crippen molar-refractivity contribution in [2.45, 2.75) is 6.92 Å². The summed E-state index contributed by atoms with van der Waals surface area (Å²) in [6, 6.07) is 7.74. The highest BCUT2D eigenvalue weighted by Gasteiger charge is 2.08. The van der Waals surface area contributed by atoms with Crippen LogP contribution < -0.4 is 10.1 Å². The number of ether oxygens (including phenoxy) is 1. The lowest BCUT2D eigenvalue weighted by molar-refractivity contribution is -0.114. The number of carbonyl (C=O) groups is 1. The van der Waals surface area contributed by atoms with E-state index >= 15 is 0 Å². The first kappa shape index (κ1) is 15.4. The van der Waals surface area contributed by atoms with E-state index in [1.165, 1.54) is 18.3 Å². The molecule has 0 atom stereocenters. The molecule has 118 valence electrons. The van der Waals surface area contributed by atoms with Gasteiger partial charge in [0.15, 0.2) is 5.13 Å². The monoisotopic (exact) mass is 329 g/mol. The van der Waals surface area contributed by atoms with Gasteiger partial charge in [-0.15, -0.1) is 0 Å². The number of hydrogen-bond acceptors (Lipinski definition) is 6. The molecule has 0 aliphatic rings. The summed E-state index contributed by atoms with van der Waals surface area (Å²) < 4.78 is 6.36. The highest BCUT2D eigenvalue weighted by Crippen LogP contribution is 2.31. The van der Waals surface area contributed by atoms with E-state index in [1.54, 1.807) is 12.4 Å². The largest absolute Gasteiger partial charge is 0.490 e. The van der Waals surface area contributed by atoms with Crippen LogP contribution in [-0.4, -0.2) is 34.2 Å². The Morgan fingerprint density at radius 3 is 2.96 bits per heavy atom. The minimum absolute atomic E-state index is 0.0387. The van der Waals surface area contributed by atoms with Gasteiger partial charge in [0.05, 0.1) is 23.0 Å². The molecule has 7 heteroatoms. The zero-order chi connectivity index (χ0) is 16.2. The first-order valence-corrected chi connectivity index (χ1v) is 7.84. The van der Waals surface area contributed by atoms with E-state index in [4.69, 9.17) is 9.84 Å². The average Bonchev–Trinajstić information content (AvgIpc) is 2.93. The van der Waals surface area contributed by atoms with Crippen LogP contribution in [0, 0.1) is 0 Å². The lowest BCUT2D eigenvalue weighted by Crippen LogP contribution is -2.04. The molecule has 2 N–H and O–H groups in total. The Kier molecular flexibility index (Phi) is 4.50. The third-order valence-corrected chi connectivity index (χ3v) is 4.01. The first-order chi connectivity index (χ1) is 11.2. The van der Waals surface area contributed by atoms with Crippen molar-refractivity contribution >= 4 is 32.6 Å². The molecular weight excluding hydrogens is 314 g/mol. The summed E-state index contributed by atoms with van der Waals surface area (Å²) in [7, 11) is 0. The van der Waals surface area contributed by atoms with Crippen molar-refractivity contribution in [3.05, 3.63) is 36.7 Å². The fourth-order valence-corrected chi connectivity index (χ4v) is 3.08. The van der Waals surface area contributed by atoms with Crippen molar-refractivity contribution in [2.24, 2.45) is 0 Å². The molecule has 0 radical (unpaired) electrons. The van der Waals surface area contributed by atoms with Crippen LogP contribution in [0.2, 0.25) is 0 Å². The quantitative estimate of drug-likeness (QED) is 0.752. The van der Waals surface area contributed by atoms with Crippen molar-refractivity contribution < 1.29 is 14.6 Å². The highest BCUT2D eigenvalue weighted by molar-refractivity contribution is 7.22. The SMILES string of the molecule is CC(=O)Nc1nc2ccc(-c3cncc(OCCO)c3)cc2s1. The Morgan fingerprint density at radius 2 is 2.17 bits per heavy atom. The first-order valence-electron chi connectivity index (χ1n) is 7.03. The number of anilines is 1. The number of hydrogen-bond donors (Lipinski definition) is 2. The Labute approximate surface area is 136 Å². The summed E-state index contributed by atoms with van der Waals surface area (Å²) in [5, 5.41) is 12.1. The molecule has 0 unspecified atom stereocenters. The van der Waals surface area contributed by atoms with E-state index in [9.17, 15) is 4.79 Å². The van der Waals surface area contributed by atoms with Crippen molar-refractivity contribution in [1.29, 1.82) is 0 Å². The number of nitrogens with zero attached hydrogens (tertiary/aromatic N) is 2. The van der Waals surface area contributed by atoms with Crippen LogP contribution >= 0.6 is 11.3 Å². The number of nitrogens with one attached hydrogen (secondary N) is 1. The minimum Gasteiger partial charge on any atom is -0.490 e. The van der Waals surface area contributed by atoms with Crippen molar-refractivity contribution in [3.63, 3.8) is 0 Å². The lowest BCUT2D eigenvalue weighted by Gasteiger charge is -2.06. The smallest absolute Gasteiger partial charge is 0.223 e. The second-order valence-corrected chi connectivity index (χ2v) is 5.89. The van der Waals surface area contributed by atoms with Gasteiger partial charge in [-0.05, 0) is 23.8 Å². The third kappa shape index (κ3) is 3.64. The lowest BCUT2D eigenvalue weighted by atomic mass is 10.1. The zero-order valence-electron chi connectivity index (χ0n) is 12.4. The van der Waals surface area contributed by atoms with E-state index in [1.807, 2.05) is 24.3 Å². The molecule has 2 aromatic heterocycles. The number of aromatic nitrogens is 2. The second-order valence-electron chi connectivity index (χ2n) is 4.86. The van der Waals surface area contributed by atoms with Crippen LogP contribution in [-0.2, 0) is 4.79 Å². The standard InChI is InChI=1S/C16H15N3O3S/c1-10(21)18-16-19-14-3-2-11(7-15(14)23-16)12-6-13(9-17-8-12)22-5-4-20/h2-3,6-9,20H,4-5H2,1H3,(H,18,19,21). The van der Waals surface area contributed by atoms with Gasteiger partial charge in [0.25, 0.3) is 0 Å². The van der Waals surface area contributed by atoms with Gasteiger partial charge in [-0.25, -0.2) is 4.98 Å². The van der Waals surface area contributed by atoms with Crippen LogP contribution in [0.25, 0.3) is 21.3 Å². The molecule has 0 aliphatic heterocycles. The Balaban J connectivity index is 1.92. The van der Waals surface area contributed by atoms with Crippen molar-refractivity contribution in [3.8, 4) is 16.9 Å². The molecule has 6 nitrogen and oxygen atoms in total. The van der Waals surface area contributed by atoms with Gasteiger partial charge >= 0.3 is 0 Å². The van der Waals surface area contributed by atoms with Crippen LogP contribution in [0.5, 0.6) is 5.75 Å². The molecule has 0 bridgehead atoms. The molecular formula is C16H15N3O3S. The molecule has 0 aliphatic carbocycles. The number of pyridine rings is 1. The maximum atomic E-state index is 11.1. The number of rotatable bonds is 5. The van der Waals surface area contributed by atoms with Gasteiger partial charge < -0.3 is 15.2 Å². The Hall–Kier alpha value is -2.51. The van der Waals surface area contributed by atoms with Gasteiger partial charge in [-0.3, -0.25) is 9.78 Å². The number of carbonyl (C=O) groups excluding carboxylic acids is 1. The number of amides is 1. The number of thiazole rings is 1. The van der Waals surface area contributed by atoms with E-state index in [-0.39, 0.29) is 19.1 Å². The third-order valence-electron chi connectivity index (χ3n) is 3.08. The molecule has 0 saturated carbocycles. The molecule has 0 saturated heterocycles. The Morgan fingerprint density at radius 1 is 1.30 bits per heavy atom. The normalized spacial score (nSPS) is 10.7. The minimum atomic E-state index is -0.137. The highest BCUT2D eigenvalue weighted by atomic mass is 32.1. The summed E-state index contributed by atoms with van der Waals surface area (Å²) in [5.41, 5.74) is 2.73. The molecule has 23 heavy (non-hydrogen) atoms. The van der Waals surface area contributed by atoms with Gasteiger partial charge in [0.2, 0.25) is 5.91 Å². The van der Waals surface area contributed by atoms with E-state index in [0.717, 1.165) is 21.3 Å². The van der Waals surface area contributed by atoms with Gasteiger partial charge in [0, 0.05) is 18.7 Å². The predicted molar refractivity (Wildman–Crippen MR) is 89.7 cm³/mol. The second kappa shape index (κ2) is 6.72. The molecule has 2 heterocycles. The van der Waals surface area contributed by atoms with Crippen LogP contribution in [0.4, 0.5) is 5.13 Å². The van der Waals surface area contributed by atoms with Crippen molar-refractivity contribution in [2.75, 3.05) is 18.5 Å². The molecule has 3 rings (SSSR count). The molecule has 0 spiro atoms. The number of aliphatic hydroxyl groups excluding tert-OH is 1. The molecule has 1 aromatic carbocycles. The van der Waals surface area contributed by atoms with Gasteiger partial charge in [-0.2, -0.15) is 0 Å². The van der Waals surface area contributed by atoms with E-state index in [2.05, 4.69) is 15.3 Å². The maximum absolute atomic E-state index is 11.1. The summed E-state index contributed by atoms with van der Waals surface area (Å²) in [6.45, 7) is 1.66. The summed E-state index contributed by atoms with van der Waals surface area (Å²) in [4.78, 5) is 19.6. The van der Waals surface area contributed by atoms with Gasteiger partial charge in [-0.1, -0.05) is 17.4 Å². The zero-order valence-corrected chi connectivity index (χ0v) is 13.3. The summed E-state index contributed by atoms with van der Waals surface area (Å²) in [5.74, 6) is 0.474. The van der Waals surface area contributed by atoms with E-state index in [0.29, 0.717) is 10.9 Å². The number of fused-ring (bicyclic) bond motifs is 1. The summed E-state index contributed by atoms with van der Waals surface area (Å²) >= 11 is 1.42. The molecule has 0 fully saturated rings. The topological polar surface area (TPSA) is 84.3 Å². The van der Waals surface area contributed by atoms with Crippen LogP contribution in [0.15, 0.2) is 36.7 Å². The molecule has 1 amide bonds. The predicted octanol–water partition coefficient (Wildman–Crippen LogP) is 2.69. The molecule has 3 aromatic rings. The average molecular weight is 329 g/mol. The summed E-state index contributed by atoms with van der Waals surface area (Å²) in [6.07, 6.45) is 3.36.